The Balaban J connectivity index is 2.58. The summed E-state index contributed by atoms with van der Waals surface area (Å²) in [5.41, 5.74) is 5.22. The van der Waals surface area contributed by atoms with E-state index in [1.165, 1.54) is 19.2 Å². The summed E-state index contributed by atoms with van der Waals surface area (Å²) in [4.78, 5) is 23.6. The molecular formula is C15H21FN2O3. The van der Waals surface area contributed by atoms with Gasteiger partial charge in [-0.1, -0.05) is 0 Å². The molecule has 0 atom stereocenters. The van der Waals surface area contributed by atoms with E-state index in [0.717, 1.165) is 6.07 Å². The van der Waals surface area contributed by atoms with Gasteiger partial charge in [-0.3, -0.25) is 9.59 Å². The minimum atomic E-state index is -0.600. The standard InChI is InChI=1S/C15H21FN2O3/c1-15(2,9-17)18-14(20)7-5-12(19)10-4-6-13(21-3)11(16)8-10/h4,6,8H,5,7,9,17H2,1-3H3,(H,18,20). The molecule has 0 unspecified atom stereocenters. The molecule has 21 heavy (non-hydrogen) atoms. The van der Waals surface area contributed by atoms with Crippen LogP contribution < -0.4 is 15.8 Å². The summed E-state index contributed by atoms with van der Waals surface area (Å²) in [7, 11) is 1.35. The van der Waals surface area contributed by atoms with Crippen LogP contribution in [-0.2, 0) is 4.79 Å². The molecule has 5 nitrogen and oxygen atoms in total. The lowest BCUT2D eigenvalue weighted by Gasteiger charge is -2.24. The smallest absolute Gasteiger partial charge is 0.220 e. The van der Waals surface area contributed by atoms with Crippen LogP contribution in [0.3, 0.4) is 0 Å². The Kier molecular flexibility index (Phi) is 5.84. The van der Waals surface area contributed by atoms with Gasteiger partial charge in [-0.15, -0.1) is 0 Å². The van der Waals surface area contributed by atoms with Crippen LogP contribution in [0.5, 0.6) is 5.75 Å². The number of Topliss-reactive ketones (excluding diaryl/α,β-unsaturated/α-hetero) is 1. The lowest BCUT2D eigenvalue weighted by Crippen LogP contribution is -2.48. The molecule has 0 aliphatic heterocycles. The first kappa shape index (κ1) is 17.1. The van der Waals surface area contributed by atoms with E-state index in [1.54, 1.807) is 13.8 Å². The molecule has 3 N–H and O–H groups in total. The number of hydrogen-bond acceptors (Lipinski definition) is 4. The second kappa shape index (κ2) is 7.17. The molecule has 1 amide bonds. The Bertz CT molecular complexity index is 530. The zero-order valence-corrected chi connectivity index (χ0v) is 12.5. The topological polar surface area (TPSA) is 81.4 Å². The summed E-state index contributed by atoms with van der Waals surface area (Å²) in [5, 5.41) is 2.73. The maximum atomic E-state index is 13.5. The van der Waals surface area contributed by atoms with Crippen molar-refractivity contribution in [2.45, 2.75) is 32.2 Å². The van der Waals surface area contributed by atoms with E-state index in [0.29, 0.717) is 6.54 Å². The van der Waals surface area contributed by atoms with Crippen molar-refractivity contribution in [1.29, 1.82) is 0 Å². The van der Waals surface area contributed by atoms with Crippen molar-refractivity contribution in [2.24, 2.45) is 5.73 Å². The van der Waals surface area contributed by atoms with Crippen LogP contribution in [0.4, 0.5) is 4.39 Å². The van der Waals surface area contributed by atoms with Crippen LogP contribution in [0.25, 0.3) is 0 Å². The average molecular weight is 296 g/mol. The molecule has 0 radical (unpaired) electrons. The lowest BCUT2D eigenvalue weighted by molar-refractivity contribution is -0.122. The van der Waals surface area contributed by atoms with Crippen LogP contribution in [0.1, 0.15) is 37.0 Å². The molecule has 0 saturated carbocycles. The Morgan fingerprint density at radius 3 is 2.52 bits per heavy atom. The molecule has 1 rings (SSSR count). The molecule has 0 bridgehead atoms. The van der Waals surface area contributed by atoms with Crippen molar-refractivity contribution < 1.29 is 18.7 Å². The van der Waals surface area contributed by atoms with Crippen molar-refractivity contribution in [1.82, 2.24) is 5.32 Å². The van der Waals surface area contributed by atoms with Crippen LogP contribution in [0.15, 0.2) is 18.2 Å². The molecule has 0 fully saturated rings. The number of rotatable bonds is 7. The largest absolute Gasteiger partial charge is 0.494 e. The van der Waals surface area contributed by atoms with E-state index in [9.17, 15) is 14.0 Å². The molecule has 0 aliphatic rings. The summed E-state index contributed by atoms with van der Waals surface area (Å²) < 4.78 is 18.3. The molecule has 0 aliphatic carbocycles. The number of ketones is 1. The van der Waals surface area contributed by atoms with Crippen molar-refractivity contribution >= 4 is 11.7 Å². The zero-order valence-electron chi connectivity index (χ0n) is 12.5. The number of halogens is 1. The highest BCUT2D eigenvalue weighted by Gasteiger charge is 2.19. The van der Waals surface area contributed by atoms with Crippen molar-refractivity contribution in [3.63, 3.8) is 0 Å². The third-order valence-electron chi connectivity index (χ3n) is 3.04. The second-order valence-electron chi connectivity index (χ2n) is 5.41. The first-order chi connectivity index (χ1) is 9.79. The minimum absolute atomic E-state index is 0.0122. The van der Waals surface area contributed by atoms with Crippen LogP contribution in [0.2, 0.25) is 0 Å². The Hall–Kier alpha value is -1.95. The quantitative estimate of drug-likeness (QED) is 0.750. The van der Waals surface area contributed by atoms with Gasteiger partial charge in [-0.25, -0.2) is 4.39 Å². The van der Waals surface area contributed by atoms with Crippen molar-refractivity contribution in [3.05, 3.63) is 29.6 Å². The van der Waals surface area contributed by atoms with Gasteiger partial charge >= 0.3 is 0 Å². The number of hydrogen-bond donors (Lipinski definition) is 2. The number of nitrogens with one attached hydrogen (secondary N) is 1. The molecule has 0 saturated heterocycles. The number of carbonyl (C=O) groups excluding carboxylic acids is 2. The number of amides is 1. The van der Waals surface area contributed by atoms with Gasteiger partial charge in [0.1, 0.15) is 0 Å². The van der Waals surface area contributed by atoms with Gasteiger partial charge in [0.05, 0.1) is 7.11 Å². The number of nitrogens with two attached hydrogens (primary N) is 1. The first-order valence-corrected chi connectivity index (χ1v) is 6.67. The van der Waals surface area contributed by atoms with Gasteiger partial charge in [-0.2, -0.15) is 0 Å². The van der Waals surface area contributed by atoms with E-state index < -0.39 is 11.4 Å². The van der Waals surface area contributed by atoms with Gasteiger partial charge < -0.3 is 15.8 Å². The van der Waals surface area contributed by atoms with Crippen LogP contribution in [0, 0.1) is 5.82 Å². The maximum Gasteiger partial charge on any atom is 0.220 e. The van der Waals surface area contributed by atoms with Crippen LogP contribution >= 0.6 is 0 Å². The highest BCUT2D eigenvalue weighted by molar-refractivity contribution is 5.98. The van der Waals surface area contributed by atoms with Gasteiger partial charge in [0.2, 0.25) is 5.91 Å². The normalized spacial score (nSPS) is 11.1. The fraction of sp³-hybridized carbons (Fsp3) is 0.467. The molecule has 116 valence electrons. The molecule has 0 heterocycles. The Morgan fingerprint density at radius 2 is 2.00 bits per heavy atom. The summed E-state index contributed by atoms with van der Waals surface area (Å²) in [5.74, 6) is -1.07. The predicted molar refractivity (Wildman–Crippen MR) is 77.8 cm³/mol. The van der Waals surface area contributed by atoms with Crippen LogP contribution in [-0.4, -0.2) is 30.9 Å². The molecule has 6 heteroatoms. The third kappa shape index (κ3) is 5.15. The lowest BCUT2D eigenvalue weighted by atomic mass is 10.0. The van der Waals surface area contributed by atoms with E-state index in [4.69, 9.17) is 10.5 Å². The molecule has 0 aromatic heterocycles. The molecule has 0 spiro atoms. The Morgan fingerprint density at radius 1 is 1.33 bits per heavy atom. The fourth-order valence-electron chi connectivity index (χ4n) is 1.70. The fourth-order valence-corrected chi connectivity index (χ4v) is 1.70. The number of benzene rings is 1. The van der Waals surface area contributed by atoms with E-state index in [2.05, 4.69) is 5.32 Å². The van der Waals surface area contributed by atoms with E-state index in [1.807, 2.05) is 0 Å². The Labute approximate surface area is 123 Å². The van der Waals surface area contributed by atoms with E-state index in [-0.39, 0.29) is 35.8 Å². The van der Waals surface area contributed by atoms with Gasteiger partial charge in [-0.05, 0) is 32.0 Å². The summed E-state index contributed by atoms with van der Waals surface area (Å²) in [6.45, 7) is 3.90. The van der Waals surface area contributed by atoms with Gasteiger partial charge in [0.15, 0.2) is 17.3 Å². The van der Waals surface area contributed by atoms with Crippen molar-refractivity contribution in [2.75, 3.05) is 13.7 Å². The average Bonchev–Trinajstić information content (AvgIpc) is 2.44. The van der Waals surface area contributed by atoms with Gasteiger partial charge in [0.25, 0.3) is 0 Å². The molecular weight excluding hydrogens is 275 g/mol. The van der Waals surface area contributed by atoms with E-state index >= 15 is 0 Å². The maximum absolute atomic E-state index is 13.5. The number of ether oxygens (including phenoxy) is 1. The highest BCUT2D eigenvalue weighted by atomic mass is 19.1. The molecule has 1 aromatic carbocycles. The predicted octanol–water partition coefficient (Wildman–Crippen LogP) is 1.65. The minimum Gasteiger partial charge on any atom is -0.494 e. The monoisotopic (exact) mass is 296 g/mol. The zero-order chi connectivity index (χ0) is 16.0. The summed E-state index contributed by atoms with van der Waals surface area (Å²) >= 11 is 0. The summed E-state index contributed by atoms with van der Waals surface area (Å²) in [6, 6.07) is 3.98. The molecule has 1 aromatic rings. The van der Waals surface area contributed by atoms with Crippen molar-refractivity contribution in [3.8, 4) is 5.75 Å². The summed E-state index contributed by atoms with van der Waals surface area (Å²) in [6.07, 6.45) is 0.0498. The second-order valence-corrected chi connectivity index (χ2v) is 5.41. The SMILES string of the molecule is COc1ccc(C(=O)CCC(=O)NC(C)(C)CN)cc1F. The highest BCUT2D eigenvalue weighted by Crippen LogP contribution is 2.18. The number of methoxy groups -OCH3 is 1. The number of carbonyl (C=O) groups is 2. The van der Waals surface area contributed by atoms with Gasteiger partial charge in [0, 0.05) is 30.5 Å². The third-order valence-corrected chi connectivity index (χ3v) is 3.04. The first-order valence-electron chi connectivity index (χ1n) is 6.67.